The van der Waals surface area contributed by atoms with Crippen molar-refractivity contribution >= 4 is 11.6 Å². The van der Waals surface area contributed by atoms with Crippen LogP contribution in [0.3, 0.4) is 0 Å². The number of nitrogens with zero attached hydrogens (tertiary/aromatic N) is 1. The number of hydrogen-bond donors (Lipinski definition) is 1. The molecule has 0 spiro atoms. The third-order valence-electron chi connectivity index (χ3n) is 6.56. The van der Waals surface area contributed by atoms with Gasteiger partial charge in [0.05, 0.1) is 12.2 Å². The molecule has 5 rings (SSSR count). The Kier molecular flexibility index (Phi) is 5.10. The lowest BCUT2D eigenvalue weighted by molar-refractivity contribution is -0.118. The van der Waals surface area contributed by atoms with E-state index in [-0.39, 0.29) is 23.9 Å². The zero-order valence-electron chi connectivity index (χ0n) is 15.8. The summed E-state index contributed by atoms with van der Waals surface area (Å²) in [7, 11) is 1.99. The maximum Gasteiger partial charge on any atom is 0.387 e. The smallest absolute Gasteiger partial charge is 0.387 e. The number of rotatable bonds is 7. The molecular formula is C21H28F2N2O2. The maximum absolute atomic E-state index is 12.5. The Morgan fingerprint density at radius 3 is 2.37 bits per heavy atom. The van der Waals surface area contributed by atoms with E-state index in [1.54, 1.807) is 18.2 Å². The van der Waals surface area contributed by atoms with Gasteiger partial charge in [0.2, 0.25) is 5.91 Å². The van der Waals surface area contributed by atoms with Gasteiger partial charge in [-0.3, -0.25) is 9.69 Å². The standard InChI is InChI=1S/C21H28F2N2O2/c1-25(13-21-9-14-6-15(10-21)8-16(7-14)11-21)12-19(26)24-17-4-2-3-5-18(17)27-20(22)23/h2-5,14-16,20H,6-13H2,1H3,(H,24,26). The normalized spacial score (nSPS) is 31.5. The van der Waals surface area contributed by atoms with Gasteiger partial charge in [-0.25, -0.2) is 0 Å². The molecule has 4 bridgehead atoms. The Hall–Kier alpha value is -1.69. The second-order valence-electron chi connectivity index (χ2n) is 9.01. The van der Waals surface area contributed by atoms with Gasteiger partial charge >= 0.3 is 6.61 Å². The van der Waals surface area contributed by atoms with Gasteiger partial charge < -0.3 is 10.1 Å². The highest BCUT2D eigenvalue weighted by Gasteiger charge is 2.51. The van der Waals surface area contributed by atoms with Crippen molar-refractivity contribution in [1.82, 2.24) is 4.90 Å². The average molecular weight is 378 g/mol. The molecule has 0 saturated heterocycles. The summed E-state index contributed by atoms with van der Waals surface area (Å²) in [5.74, 6) is 2.45. The molecule has 4 aliphatic carbocycles. The zero-order chi connectivity index (χ0) is 19.0. The molecule has 27 heavy (non-hydrogen) atoms. The van der Waals surface area contributed by atoms with E-state index in [9.17, 15) is 13.6 Å². The molecule has 1 aromatic carbocycles. The first-order valence-electron chi connectivity index (χ1n) is 9.93. The molecule has 0 radical (unpaired) electrons. The fraction of sp³-hybridized carbons (Fsp3) is 0.667. The summed E-state index contributed by atoms with van der Waals surface area (Å²) in [6.07, 6.45) is 8.13. The van der Waals surface area contributed by atoms with E-state index in [0.717, 1.165) is 24.3 Å². The second-order valence-corrected chi connectivity index (χ2v) is 9.01. The van der Waals surface area contributed by atoms with Crippen molar-refractivity contribution in [3.8, 4) is 5.75 Å². The molecule has 0 aromatic heterocycles. The monoisotopic (exact) mass is 378 g/mol. The maximum atomic E-state index is 12.5. The molecule has 0 heterocycles. The second kappa shape index (κ2) is 7.38. The minimum Gasteiger partial charge on any atom is -0.433 e. The highest BCUT2D eigenvalue weighted by Crippen LogP contribution is 2.60. The number of anilines is 1. The van der Waals surface area contributed by atoms with Gasteiger partial charge in [-0.1, -0.05) is 12.1 Å². The highest BCUT2D eigenvalue weighted by molar-refractivity contribution is 5.93. The predicted octanol–water partition coefficient (Wildman–Crippen LogP) is 4.37. The van der Waals surface area contributed by atoms with Crippen LogP contribution in [0.15, 0.2) is 24.3 Å². The summed E-state index contributed by atoms with van der Waals surface area (Å²) < 4.78 is 29.5. The zero-order valence-corrected chi connectivity index (χ0v) is 15.8. The van der Waals surface area contributed by atoms with Gasteiger partial charge in [0.25, 0.3) is 0 Å². The van der Waals surface area contributed by atoms with Gasteiger partial charge in [-0.05, 0) is 80.9 Å². The van der Waals surface area contributed by atoms with Crippen LogP contribution >= 0.6 is 0 Å². The lowest BCUT2D eigenvalue weighted by Gasteiger charge is -2.57. The minimum atomic E-state index is -2.91. The molecule has 1 amide bonds. The lowest BCUT2D eigenvalue weighted by atomic mass is 9.49. The van der Waals surface area contributed by atoms with E-state index < -0.39 is 6.61 Å². The summed E-state index contributed by atoms with van der Waals surface area (Å²) >= 11 is 0. The molecule has 6 heteroatoms. The number of alkyl halides is 2. The van der Waals surface area contributed by atoms with Crippen molar-refractivity contribution in [3.05, 3.63) is 24.3 Å². The molecule has 0 atom stereocenters. The molecular weight excluding hydrogens is 350 g/mol. The Morgan fingerprint density at radius 1 is 1.19 bits per heavy atom. The van der Waals surface area contributed by atoms with E-state index in [1.807, 2.05) is 7.05 Å². The van der Waals surface area contributed by atoms with Gasteiger partial charge in [-0.2, -0.15) is 8.78 Å². The van der Waals surface area contributed by atoms with E-state index in [0.29, 0.717) is 5.41 Å². The molecule has 4 fully saturated rings. The van der Waals surface area contributed by atoms with Crippen LogP contribution in [-0.4, -0.2) is 37.6 Å². The number of ether oxygens (including phenoxy) is 1. The van der Waals surface area contributed by atoms with Crippen LogP contribution in [0, 0.1) is 23.2 Å². The number of carbonyl (C=O) groups is 1. The Morgan fingerprint density at radius 2 is 1.78 bits per heavy atom. The first kappa shape index (κ1) is 18.7. The first-order chi connectivity index (χ1) is 12.9. The molecule has 0 aliphatic heterocycles. The molecule has 148 valence electrons. The number of carbonyl (C=O) groups excluding carboxylic acids is 1. The molecule has 4 aliphatic rings. The number of benzene rings is 1. The summed E-state index contributed by atoms with van der Waals surface area (Å²) in [6.45, 7) is -1.72. The average Bonchev–Trinajstić information content (AvgIpc) is 2.54. The lowest BCUT2D eigenvalue weighted by Crippen LogP contribution is -2.51. The Labute approximate surface area is 159 Å². The highest BCUT2D eigenvalue weighted by atomic mass is 19.3. The van der Waals surface area contributed by atoms with Gasteiger partial charge in [0.1, 0.15) is 5.75 Å². The van der Waals surface area contributed by atoms with Crippen molar-refractivity contribution in [2.75, 3.05) is 25.5 Å². The van der Waals surface area contributed by atoms with E-state index in [1.165, 1.54) is 44.6 Å². The minimum absolute atomic E-state index is 0.00964. The van der Waals surface area contributed by atoms with Crippen LogP contribution in [-0.2, 0) is 4.79 Å². The number of amides is 1. The summed E-state index contributed by atoms with van der Waals surface area (Å²) in [5, 5.41) is 2.72. The molecule has 1 N–H and O–H groups in total. The topological polar surface area (TPSA) is 41.6 Å². The van der Waals surface area contributed by atoms with Crippen LogP contribution in [0.5, 0.6) is 5.75 Å². The SMILES string of the molecule is CN(CC(=O)Nc1ccccc1OC(F)F)CC12CC3CC(CC(C3)C1)C2. The molecule has 4 nitrogen and oxygen atoms in total. The first-order valence-corrected chi connectivity index (χ1v) is 9.93. The Bertz CT molecular complexity index is 659. The fourth-order valence-corrected chi connectivity index (χ4v) is 6.32. The van der Waals surface area contributed by atoms with Crippen molar-refractivity contribution < 1.29 is 18.3 Å². The number of likely N-dealkylation sites (N-methyl/N-ethyl adjacent to an activating group) is 1. The van der Waals surface area contributed by atoms with Crippen LogP contribution in [0.1, 0.15) is 38.5 Å². The van der Waals surface area contributed by atoms with Gasteiger partial charge in [0.15, 0.2) is 0 Å². The molecule has 1 aromatic rings. The van der Waals surface area contributed by atoms with Gasteiger partial charge in [0, 0.05) is 6.54 Å². The third kappa shape index (κ3) is 4.26. The largest absolute Gasteiger partial charge is 0.433 e. The number of nitrogens with one attached hydrogen (secondary N) is 1. The third-order valence-corrected chi connectivity index (χ3v) is 6.56. The quantitative estimate of drug-likeness (QED) is 0.766. The van der Waals surface area contributed by atoms with E-state index in [2.05, 4.69) is 15.0 Å². The van der Waals surface area contributed by atoms with Gasteiger partial charge in [-0.15, -0.1) is 0 Å². The molecule has 4 saturated carbocycles. The number of hydrogen-bond acceptors (Lipinski definition) is 3. The van der Waals surface area contributed by atoms with Crippen LogP contribution in [0.4, 0.5) is 14.5 Å². The van der Waals surface area contributed by atoms with Crippen molar-refractivity contribution in [1.29, 1.82) is 0 Å². The summed E-state index contributed by atoms with van der Waals surface area (Å²) in [4.78, 5) is 14.5. The van der Waals surface area contributed by atoms with E-state index >= 15 is 0 Å². The number of para-hydroxylation sites is 2. The van der Waals surface area contributed by atoms with E-state index in [4.69, 9.17) is 0 Å². The fourth-order valence-electron chi connectivity index (χ4n) is 6.32. The van der Waals surface area contributed by atoms with Crippen molar-refractivity contribution in [3.63, 3.8) is 0 Å². The van der Waals surface area contributed by atoms with Crippen LogP contribution < -0.4 is 10.1 Å². The number of halogens is 2. The molecule has 0 unspecified atom stereocenters. The summed E-state index contributed by atoms with van der Waals surface area (Å²) in [5.41, 5.74) is 0.659. The summed E-state index contributed by atoms with van der Waals surface area (Å²) in [6, 6.07) is 6.30. The van der Waals surface area contributed by atoms with Crippen molar-refractivity contribution in [2.45, 2.75) is 45.1 Å². The Balaban J connectivity index is 1.34. The predicted molar refractivity (Wildman–Crippen MR) is 99.8 cm³/mol. The van der Waals surface area contributed by atoms with Crippen LogP contribution in [0.25, 0.3) is 0 Å². The van der Waals surface area contributed by atoms with Crippen molar-refractivity contribution in [2.24, 2.45) is 23.2 Å². The van der Waals surface area contributed by atoms with Crippen LogP contribution in [0.2, 0.25) is 0 Å².